The molecular weight excluding hydrogens is 228 g/mol. The van der Waals surface area contributed by atoms with Crippen LogP contribution in [0, 0.1) is 0 Å². The van der Waals surface area contributed by atoms with Crippen molar-refractivity contribution in [3.05, 3.63) is 23.8 Å². The van der Waals surface area contributed by atoms with Gasteiger partial charge in [0.15, 0.2) is 0 Å². The average molecular weight is 264 g/mol. The molecule has 0 amide bonds. The Labute approximate surface area is 122 Å². The van der Waals surface area contributed by atoms with Crippen molar-refractivity contribution in [1.82, 2.24) is 0 Å². The van der Waals surface area contributed by atoms with Crippen LogP contribution in [0.25, 0.3) is 0 Å². The SMILES string of the molecule is CCCCCC=CCC(C)=CCCCCCCCC. The van der Waals surface area contributed by atoms with Crippen molar-refractivity contribution >= 4 is 0 Å². The molecule has 0 aromatic rings. The summed E-state index contributed by atoms with van der Waals surface area (Å²) in [7, 11) is 0. The minimum absolute atomic E-state index is 1.15. The quantitative estimate of drug-likeness (QED) is 0.243. The van der Waals surface area contributed by atoms with Gasteiger partial charge in [-0.3, -0.25) is 0 Å². The molecule has 0 bridgehead atoms. The van der Waals surface area contributed by atoms with Gasteiger partial charge >= 0.3 is 0 Å². The molecule has 0 heterocycles. The van der Waals surface area contributed by atoms with Gasteiger partial charge in [-0.2, -0.15) is 0 Å². The molecule has 0 atom stereocenters. The summed E-state index contributed by atoms with van der Waals surface area (Å²) in [6.07, 6.45) is 23.3. The van der Waals surface area contributed by atoms with Crippen molar-refractivity contribution in [2.75, 3.05) is 0 Å². The fourth-order valence-corrected chi connectivity index (χ4v) is 2.26. The highest BCUT2D eigenvalue weighted by Crippen LogP contribution is 2.10. The predicted molar refractivity (Wildman–Crippen MR) is 89.6 cm³/mol. The summed E-state index contributed by atoms with van der Waals surface area (Å²) < 4.78 is 0. The fourth-order valence-electron chi connectivity index (χ4n) is 2.26. The normalized spacial score (nSPS) is 12.5. The molecule has 0 nitrogen and oxygen atoms in total. The van der Waals surface area contributed by atoms with Crippen LogP contribution in [0.5, 0.6) is 0 Å². The van der Waals surface area contributed by atoms with E-state index in [1.165, 1.54) is 70.6 Å². The monoisotopic (exact) mass is 264 g/mol. The van der Waals surface area contributed by atoms with Crippen LogP contribution >= 0.6 is 0 Å². The highest BCUT2D eigenvalue weighted by Gasteiger charge is 1.90. The van der Waals surface area contributed by atoms with E-state index in [1.54, 1.807) is 5.57 Å². The van der Waals surface area contributed by atoms with Crippen molar-refractivity contribution < 1.29 is 0 Å². The van der Waals surface area contributed by atoms with Crippen molar-refractivity contribution in [3.8, 4) is 0 Å². The van der Waals surface area contributed by atoms with Crippen molar-refractivity contribution in [3.63, 3.8) is 0 Å². The summed E-state index contributed by atoms with van der Waals surface area (Å²) in [6.45, 7) is 6.81. The van der Waals surface area contributed by atoms with Crippen LogP contribution in [0.15, 0.2) is 23.8 Å². The third-order valence-electron chi connectivity index (χ3n) is 3.63. The molecule has 0 aliphatic heterocycles. The second-order valence-electron chi connectivity index (χ2n) is 5.78. The first-order chi connectivity index (χ1) is 9.31. The maximum Gasteiger partial charge on any atom is -0.0142 e. The predicted octanol–water partition coefficient (Wildman–Crippen LogP) is 7.21. The summed E-state index contributed by atoms with van der Waals surface area (Å²) in [4.78, 5) is 0. The van der Waals surface area contributed by atoms with E-state index >= 15 is 0 Å². The van der Waals surface area contributed by atoms with E-state index in [2.05, 4.69) is 39.0 Å². The Hall–Kier alpha value is -0.520. The number of unbranched alkanes of at least 4 members (excludes halogenated alkanes) is 9. The third kappa shape index (κ3) is 15.4. The van der Waals surface area contributed by atoms with E-state index in [4.69, 9.17) is 0 Å². The molecule has 0 rings (SSSR count). The zero-order chi connectivity index (χ0) is 14.2. The first kappa shape index (κ1) is 18.5. The van der Waals surface area contributed by atoms with E-state index in [-0.39, 0.29) is 0 Å². The molecule has 0 fully saturated rings. The lowest BCUT2D eigenvalue weighted by Gasteiger charge is -1.99. The van der Waals surface area contributed by atoms with E-state index in [0.717, 1.165) is 6.42 Å². The van der Waals surface area contributed by atoms with Gasteiger partial charge < -0.3 is 0 Å². The van der Waals surface area contributed by atoms with Crippen LogP contribution in [0.4, 0.5) is 0 Å². The van der Waals surface area contributed by atoms with Crippen LogP contribution in [-0.4, -0.2) is 0 Å². The van der Waals surface area contributed by atoms with Gasteiger partial charge in [0.05, 0.1) is 0 Å². The number of hydrogen-bond donors (Lipinski definition) is 0. The molecule has 0 aromatic heterocycles. The minimum atomic E-state index is 1.15. The highest BCUT2D eigenvalue weighted by molar-refractivity contribution is 5.04. The summed E-state index contributed by atoms with van der Waals surface area (Å²) >= 11 is 0. The summed E-state index contributed by atoms with van der Waals surface area (Å²) in [6, 6.07) is 0. The molecule has 0 unspecified atom stereocenters. The minimum Gasteiger partial charge on any atom is -0.0882 e. The van der Waals surface area contributed by atoms with Crippen molar-refractivity contribution in [2.24, 2.45) is 0 Å². The van der Waals surface area contributed by atoms with Crippen molar-refractivity contribution in [1.29, 1.82) is 0 Å². The molecule has 0 aromatic carbocycles. The maximum atomic E-state index is 2.44. The second-order valence-corrected chi connectivity index (χ2v) is 5.78. The van der Waals surface area contributed by atoms with Gasteiger partial charge in [0, 0.05) is 0 Å². The summed E-state index contributed by atoms with van der Waals surface area (Å²) in [5, 5.41) is 0. The lowest BCUT2D eigenvalue weighted by Crippen LogP contribution is -1.79. The molecule has 0 saturated carbocycles. The largest absolute Gasteiger partial charge is 0.0882 e. The standard InChI is InChI=1S/C19H36/c1-4-6-8-10-12-14-16-18-19(3)17-15-13-11-9-7-5-2/h13,15,18H,4-12,14,16-17H2,1-3H3. The number of hydrogen-bond acceptors (Lipinski definition) is 0. The summed E-state index contributed by atoms with van der Waals surface area (Å²) in [5.74, 6) is 0. The summed E-state index contributed by atoms with van der Waals surface area (Å²) in [5.41, 5.74) is 1.54. The van der Waals surface area contributed by atoms with Crippen LogP contribution in [0.2, 0.25) is 0 Å². The van der Waals surface area contributed by atoms with Gasteiger partial charge in [0.25, 0.3) is 0 Å². The number of rotatable bonds is 13. The van der Waals surface area contributed by atoms with Gasteiger partial charge in [0.1, 0.15) is 0 Å². The zero-order valence-electron chi connectivity index (χ0n) is 13.7. The number of allylic oxidation sites excluding steroid dienone is 4. The van der Waals surface area contributed by atoms with Gasteiger partial charge in [-0.15, -0.1) is 0 Å². The van der Waals surface area contributed by atoms with Crippen LogP contribution in [-0.2, 0) is 0 Å². The Kier molecular flexibility index (Phi) is 15.1. The molecule has 0 aliphatic rings. The average Bonchev–Trinajstić information content (AvgIpc) is 2.41. The molecule has 112 valence electrons. The second kappa shape index (κ2) is 15.5. The van der Waals surface area contributed by atoms with Crippen LogP contribution < -0.4 is 0 Å². The van der Waals surface area contributed by atoms with E-state index in [1.807, 2.05) is 0 Å². The van der Waals surface area contributed by atoms with Crippen LogP contribution in [0.3, 0.4) is 0 Å². The Bertz CT molecular complexity index is 222. The fraction of sp³-hybridized carbons (Fsp3) is 0.789. The molecule has 0 radical (unpaired) electrons. The lowest BCUT2D eigenvalue weighted by molar-refractivity contribution is 0.610. The van der Waals surface area contributed by atoms with Crippen LogP contribution in [0.1, 0.15) is 97.8 Å². The molecular formula is C19H36. The van der Waals surface area contributed by atoms with Crippen molar-refractivity contribution in [2.45, 2.75) is 97.8 Å². The van der Waals surface area contributed by atoms with E-state index in [0.29, 0.717) is 0 Å². The topological polar surface area (TPSA) is 0 Å². The van der Waals surface area contributed by atoms with E-state index < -0.39 is 0 Å². The molecule has 19 heavy (non-hydrogen) atoms. The van der Waals surface area contributed by atoms with Gasteiger partial charge in [-0.1, -0.05) is 82.6 Å². The van der Waals surface area contributed by atoms with Gasteiger partial charge in [-0.25, -0.2) is 0 Å². The Morgan fingerprint density at radius 2 is 1.26 bits per heavy atom. The van der Waals surface area contributed by atoms with Gasteiger partial charge in [0.2, 0.25) is 0 Å². The first-order valence-corrected chi connectivity index (χ1v) is 8.61. The maximum absolute atomic E-state index is 2.44. The lowest BCUT2D eigenvalue weighted by atomic mass is 10.1. The Morgan fingerprint density at radius 3 is 2.00 bits per heavy atom. The van der Waals surface area contributed by atoms with E-state index in [9.17, 15) is 0 Å². The molecule has 0 heteroatoms. The highest BCUT2D eigenvalue weighted by atomic mass is 14.0. The van der Waals surface area contributed by atoms with Gasteiger partial charge in [-0.05, 0) is 39.0 Å². The Balaban J connectivity index is 3.39. The molecule has 0 aliphatic carbocycles. The first-order valence-electron chi connectivity index (χ1n) is 8.61. The smallest absolute Gasteiger partial charge is 0.0142 e. The zero-order valence-corrected chi connectivity index (χ0v) is 13.7. The Morgan fingerprint density at radius 1 is 0.684 bits per heavy atom. The molecule has 0 N–H and O–H groups in total. The third-order valence-corrected chi connectivity index (χ3v) is 3.63. The molecule has 0 spiro atoms. The molecule has 0 saturated heterocycles.